The Morgan fingerprint density at radius 2 is 2.43 bits per heavy atom. The predicted molar refractivity (Wildman–Crippen MR) is 58.6 cm³/mol. The Bertz CT molecular complexity index is 295. The molecule has 0 radical (unpaired) electrons. The second-order valence-corrected chi connectivity index (χ2v) is 4.32. The van der Waals surface area contributed by atoms with Gasteiger partial charge in [-0.2, -0.15) is 0 Å². The largest absolute Gasteiger partial charge is 0.491 e. The topological polar surface area (TPSA) is 18.5 Å². The van der Waals surface area contributed by atoms with E-state index in [2.05, 4.69) is 15.9 Å². The normalized spacial score (nSPS) is 21.1. The van der Waals surface area contributed by atoms with Crippen molar-refractivity contribution < 1.29 is 9.47 Å². The molecule has 1 aromatic rings. The van der Waals surface area contributed by atoms with Gasteiger partial charge in [-0.15, -0.1) is 0 Å². The van der Waals surface area contributed by atoms with Crippen molar-refractivity contribution in [3.05, 3.63) is 28.7 Å². The van der Waals surface area contributed by atoms with Gasteiger partial charge in [0.25, 0.3) is 0 Å². The first kappa shape index (κ1) is 9.99. The van der Waals surface area contributed by atoms with Gasteiger partial charge in [0.15, 0.2) is 0 Å². The Morgan fingerprint density at radius 3 is 3.14 bits per heavy atom. The zero-order valence-corrected chi connectivity index (χ0v) is 9.50. The first-order valence-corrected chi connectivity index (χ1v) is 5.64. The van der Waals surface area contributed by atoms with Crippen molar-refractivity contribution in [3.63, 3.8) is 0 Å². The van der Waals surface area contributed by atoms with E-state index in [1.54, 1.807) is 0 Å². The van der Waals surface area contributed by atoms with Crippen LogP contribution < -0.4 is 4.74 Å². The Hall–Kier alpha value is -0.540. The van der Waals surface area contributed by atoms with E-state index in [1.165, 1.54) is 0 Å². The fourth-order valence-electron chi connectivity index (χ4n) is 1.52. The van der Waals surface area contributed by atoms with Crippen LogP contribution in [-0.4, -0.2) is 19.3 Å². The predicted octanol–water partition coefficient (Wildman–Crippen LogP) is 3.01. The maximum Gasteiger partial charge on any atom is 0.120 e. The van der Waals surface area contributed by atoms with Crippen LogP contribution in [0.3, 0.4) is 0 Å². The third-order valence-electron chi connectivity index (χ3n) is 2.26. The summed E-state index contributed by atoms with van der Waals surface area (Å²) in [5.41, 5.74) is 0. The van der Waals surface area contributed by atoms with E-state index in [9.17, 15) is 0 Å². The smallest absolute Gasteiger partial charge is 0.120 e. The van der Waals surface area contributed by atoms with Gasteiger partial charge in [0.05, 0.1) is 6.10 Å². The van der Waals surface area contributed by atoms with Gasteiger partial charge >= 0.3 is 0 Å². The molecule has 0 spiro atoms. The lowest BCUT2D eigenvalue weighted by Crippen LogP contribution is -2.16. The Labute approximate surface area is 92.3 Å². The van der Waals surface area contributed by atoms with Crippen LogP contribution in [0.2, 0.25) is 0 Å². The molecule has 0 N–H and O–H groups in total. The van der Waals surface area contributed by atoms with E-state index in [0.29, 0.717) is 6.61 Å². The lowest BCUT2D eigenvalue weighted by atomic mass is 10.2. The summed E-state index contributed by atoms with van der Waals surface area (Å²) in [6.07, 6.45) is 2.56. The molecule has 2 nitrogen and oxygen atoms in total. The number of rotatable bonds is 3. The van der Waals surface area contributed by atoms with Crippen LogP contribution in [0.1, 0.15) is 12.8 Å². The molecule has 1 aliphatic heterocycles. The molecule has 76 valence electrons. The Kier molecular flexibility index (Phi) is 3.43. The maximum absolute atomic E-state index is 5.62. The molecule has 0 aromatic heterocycles. The van der Waals surface area contributed by atoms with Crippen molar-refractivity contribution in [1.82, 2.24) is 0 Å². The van der Waals surface area contributed by atoms with Gasteiger partial charge in [0.1, 0.15) is 12.4 Å². The third kappa shape index (κ3) is 2.72. The van der Waals surface area contributed by atoms with Gasteiger partial charge < -0.3 is 9.47 Å². The minimum atomic E-state index is 0.286. The molecule has 0 amide bonds. The molecule has 1 heterocycles. The SMILES string of the molecule is Brc1cccc(OCC2CCCO2)c1. The minimum absolute atomic E-state index is 0.286. The minimum Gasteiger partial charge on any atom is -0.491 e. The molecule has 0 saturated carbocycles. The van der Waals surface area contributed by atoms with Crippen LogP contribution in [0.25, 0.3) is 0 Å². The van der Waals surface area contributed by atoms with Crippen molar-refractivity contribution >= 4 is 15.9 Å². The highest BCUT2D eigenvalue weighted by molar-refractivity contribution is 9.10. The van der Waals surface area contributed by atoms with E-state index < -0.39 is 0 Å². The van der Waals surface area contributed by atoms with E-state index in [4.69, 9.17) is 9.47 Å². The summed E-state index contributed by atoms with van der Waals surface area (Å²) < 4.78 is 12.1. The van der Waals surface area contributed by atoms with Gasteiger partial charge in [-0.3, -0.25) is 0 Å². The van der Waals surface area contributed by atoms with Crippen molar-refractivity contribution in [1.29, 1.82) is 0 Å². The van der Waals surface area contributed by atoms with Crippen LogP contribution in [-0.2, 0) is 4.74 Å². The fraction of sp³-hybridized carbons (Fsp3) is 0.455. The zero-order valence-electron chi connectivity index (χ0n) is 7.91. The number of benzene rings is 1. The van der Waals surface area contributed by atoms with Crippen LogP contribution in [0.15, 0.2) is 28.7 Å². The number of hydrogen-bond acceptors (Lipinski definition) is 2. The summed E-state index contributed by atoms with van der Waals surface area (Å²) in [4.78, 5) is 0. The average molecular weight is 257 g/mol. The summed E-state index contributed by atoms with van der Waals surface area (Å²) in [5, 5.41) is 0. The first-order valence-electron chi connectivity index (χ1n) is 4.84. The molecule has 14 heavy (non-hydrogen) atoms. The van der Waals surface area contributed by atoms with Crippen LogP contribution in [0, 0.1) is 0 Å². The zero-order chi connectivity index (χ0) is 9.80. The van der Waals surface area contributed by atoms with E-state index in [-0.39, 0.29) is 6.10 Å². The standard InChI is InChI=1S/C11H13BrO2/c12-9-3-1-4-10(7-9)14-8-11-5-2-6-13-11/h1,3-4,7,11H,2,5-6,8H2. The molecule has 1 fully saturated rings. The molecule has 0 aliphatic carbocycles. The summed E-state index contributed by atoms with van der Waals surface area (Å²) in [5.74, 6) is 0.898. The monoisotopic (exact) mass is 256 g/mol. The van der Waals surface area contributed by atoms with Gasteiger partial charge in [0, 0.05) is 11.1 Å². The highest BCUT2D eigenvalue weighted by Gasteiger charge is 2.15. The quantitative estimate of drug-likeness (QED) is 0.828. The van der Waals surface area contributed by atoms with Crippen LogP contribution >= 0.6 is 15.9 Å². The average Bonchev–Trinajstić information content (AvgIpc) is 2.67. The highest BCUT2D eigenvalue weighted by atomic mass is 79.9. The van der Waals surface area contributed by atoms with Gasteiger partial charge in [-0.25, -0.2) is 0 Å². The number of hydrogen-bond donors (Lipinski definition) is 0. The lowest BCUT2D eigenvalue weighted by molar-refractivity contribution is 0.0679. The second-order valence-electron chi connectivity index (χ2n) is 3.40. The van der Waals surface area contributed by atoms with Crippen LogP contribution in [0.4, 0.5) is 0 Å². The highest BCUT2D eigenvalue weighted by Crippen LogP contribution is 2.19. The second kappa shape index (κ2) is 4.80. The van der Waals surface area contributed by atoms with E-state index >= 15 is 0 Å². The van der Waals surface area contributed by atoms with Crippen molar-refractivity contribution in [3.8, 4) is 5.75 Å². The molecule has 1 atom stereocenters. The molecule has 1 saturated heterocycles. The van der Waals surface area contributed by atoms with E-state index in [1.807, 2.05) is 24.3 Å². The molecular weight excluding hydrogens is 244 g/mol. The van der Waals surface area contributed by atoms with Gasteiger partial charge in [-0.05, 0) is 31.0 Å². The van der Waals surface area contributed by atoms with Crippen molar-refractivity contribution in [2.24, 2.45) is 0 Å². The fourth-order valence-corrected chi connectivity index (χ4v) is 1.90. The summed E-state index contributed by atoms with van der Waals surface area (Å²) in [7, 11) is 0. The van der Waals surface area contributed by atoms with Crippen molar-refractivity contribution in [2.45, 2.75) is 18.9 Å². The molecular formula is C11H13BrO2. The first-order chi connectivity index (χ1) is 6.84. The molecule has 1 unspecified atom stereocenters. The molecule has 2 rings (SSSR count). The summed E-state index contributed by atoms with van der Waals surface area (Å²) >= 11 is 3.40. The third-order valence-corrected chi connectivity index (χ3v) is 2.75. The van der Waals surface area contributed by atoms with Gasteiger partial charge in [0.2, 0.25) is 0 Å². The molecule has 1 aliphatic rings. The summed E-state index contributed by atoms with van der Waals surface area (Å²) in [6, 6.07) is 7.88. The van der Waals surface area contributed by atoms with E-state index in [0.717, 1.165) is 29.7 Å². The molecule has 0 bridgehead atoms. The maximum atomic E-state index is 5.62. The Balaban J connectivity index is 1.85. The van der Waals surface area contributed by atoms with Gasteiger partial charge in [-0.1, -0.05) is 22.0 Å². The number of halogens is 1. The Morgan fingerprint density at radius 1 is 1.50 bits per heavy atom. The molecule has 3 heteroatoms. The molecule has 1 aromatic carbocycles. The lowest BCUT2D eigenvalue weighted by Gasteiger charge is -2.11. The van der Waals surface area contributed by atoms with Crippen LogP contribution in [0.5, 0.6) is 5.75 Å². The number of ether oxygens (including phenoxy) is 2. The van der Waals surface area contributed by atoms with Crippen molar-refractivity contribution in [2.75, 3.05) is 13.2 Å². The summed E-state index contributed by atoms with van der Waals surface area (Å²) in [6.45, 7) is 1.54.